The Morgan fingerprint density at radius 1 is 0.362 bits per heavy atom. The lowest BCUT2D eigenvalue weighted by atomic mass is 9.74. The summed E-state index contributed by atoms with van der Waals surface area (Å²) in [6.07, 6.45) is 0. The molecule has 58 heavy (non-hydrogen) atoms. The van der Waals surface area contributed by atoms with E-state index in [-0.39, 0.29) is 10.8 Å². The van der Waals surface area contributed by atoms with Crippen LogP contribution in [0.3, 0.4) is 0 Å². The lowest BCUT2D eigenvalue weighted by molar-refractivity contribution is 0.629. The molecule has 3 aromatic heterocycles. The van der Waals surface area contributed by atoms with Crippen LogP contribution in [-0.4, -0.2) is 24.1 Å². The molecule has 7 heterocycles. The number of benzene rings is 7. The van der Waals surface area contributed by atoms with Gasteiger partial charge in [0.2, 0.25) is 11.9 Å². The molecule has 0 unspecified atom stereocenters. The van der Waals surface area contributed by atoms with Crippen LogP contribution in [-0.2, 0) is 10.8 Å². The van der Waals surface area contributed by atoms with Crippen LogP contribution in [0.25, 0.3) is 66.4 Å². The van der Waals surface area contributed by atoms with Gasteiger partial charge in [-0.3, -0.25) is 9.80 Å². The molecule has 274 valence electrons. The molecule has 0 fully saturated rings. The first kappa shape index (κ1) is 30.9. The highest BCUT2D eigenvalue weighted by atomic mass is 15.4. The fourth-order valence-electron chi connectivity index (χ4n) is 11.2. The summed E-state index contributed by atoms with van der Waals surface area (Å²) in [5.74, 6) is 1.78. The maximum absolute atomic E-state index is 5.61. The molecule has 0 amide bonds. The largest absolute Gasteiger partial charge is 0.304 e. The molecule has 0 N–H and O–H groups in total. The first-order valence-corrected chi connectivity index (χ1v) is 20.1. The molecule has 7 aromatic carbocycles. The summed E-state index contributed by atoms with van der Waals surface area (Å²) < 4.78 is 5.02. The molecule has 0 saturated carbocycles. The van der Waals surface area contributed by atoms with Gasteiger partial charge in [0.05, 0.1) is 56.2 Å². The molecule has 7 heteroatoms. The quantitative estimate of drug-likeness (QED) is 0.180. The Bertz CT molecular complexity index is 3320. The van der Waals surface area contributed by atoms with Gasteiger partial charge in [-0.15, -0.1) is 0 Å². The van der Waals surface area contributed by atoms with Crippen LogP contribution in [0.5, 0.6) is 0 Å². The second kappa shape index (κ2) is 10.00. The van der Waals surface area contributed by atoms with E-state index in [0.717, 1.165) is 28.3 Å². The smallest absolute Gasteiger partial charge is 0.240 e. The third kappa shape index (κ3) is 3.40. The zero-order valence-corrected chi connectivity index (χ0v) is 32.4. The fraction of sp³-hybridized carbons (Fsp3) is 0.118. The summed E-state index contributed by atoms with van der Waals surface area (Å²) in [5, 5.41) is 4.98. The van der Waals surface area contributed by atoms with Gasteiger partial charge in [0.25, 0.3) is 0 Å². The number of aromatic nitrogens is 5. The predicted molar refractivity (Wildman–Crippen MR) is 235 cm³/mol. The van der Waals surface area contributed by atoms with Crippen LogP contribution in [0, 0.1) is 0 Å². The van der Waals surface area contributed by atoms with Crippen molar-refractivity contribution >= 4 is 78.3 Å². The highest BCUT2D eigenvalue weighted by molar-refractivity contribution is 6.20. The van der Waals surface area contributed by atoms with E-state index in [1.807, 2.05) is 6.07 Å². The standard InChI is InChI=1S/C51H35N7/c1-50(2)33-20-8-16-29-31-18-10-24-37-43(31)57(41(29)33)45-35(50)22-12-26-39(45)55(37)48-52-47(28-14-6-5-7-15-28)53-49(54-48)56-38-25-11-19-32-30-17-9-21-34-42(30)58(44(32)38)46-36(51(34,3)4)23-13-27-40(46)56/h5-27H,1-4H3. The molecular formula is C51H35N7. The topological polar surface area (TPSA) is 55.0 Å². The Balaban J connectivity index is 1.11. The number of rotatable bonds is 3. The highest BCUT2D eigenvalue weighted by Gasteiger charge is 2.43. The summed E-state index contributed by atoms with van der Waals surface area (Å²) in [6, 6.07) is 50.7. The summed E-state index contributed by atoms with van der Waals surface area (Å²) in [7, 11) is 0. The zero-order chi connectivity index (χ0) is 38.4. The summed E-state index contributed by atoms with van der Waals surface area (Å²) >= 11 is 0. The van der Waals surface area contributed by atoms with E-state index >= 15 is 0 Å². The van der Waals surface area contributed by atoms with Gasteiger partial charge in [-0.2, -0.15) is 15.0 Å². The molecule has 0 spiro atoms. The number of nitrogens with zero attached hydrogens (tertiary/aromatic N) is 7. The van der Waals surface area contributed by atoms with Crippen molar-refractivity contribution in [3.8, 4) is 22.8 Å². The van der Waals surface area contributed by atoms with E-state index in [0.29, 0.717) is 17.7 Å². The summed E-state index contributed by atoms with van der Waals surface area (Å²) in [4.78, 5) is 21.0. The Labute approximate surface area is 334 Å². The van der Waals surface area contributed by atoms with E-state index in [1.54, 1.807) is 0 Å². The van der Waals surface area contributed by atoms with Crippen LogP contribution in [0.4, 0.5) is 34.6 Å². The summed E-state index contributed by atoms with van der Waals surface area (Å²) in [6.45, 7) is 9.42. The van der Waals surface area contributed by atoms with Gasteiger partial charge >= 0.3 is 0 Å². The average molecular weight is 746 g/mol. The number of fused-ring (bicyclic) bond motifs is 2. The molecule has 14 rings (SSSR count). The predicted octanol–water partition coefficient (Wildman–Crippen LogP) is 12.6. The van der Waals surface area contributed by atoms with Crippen molar-refractivity contribution in [3.63, 3.8) is 0 Å². The van der Waals surface area contributed by atoms with Crippen molar-refractivity contribution in [2.24, 2.45) is 0 Å². The zero-order valence-electron chi connectivity index (χ0n) is 32.4. The molecular weight excluding hydrogens is 711 g/mol. The Morgan fingerprint density at radius 3 is 1.24 bits per heavy atom. The number of hydrogen-bond donors (Lipinski definition) is 0. The van der Waals surface area contributed by atoms with Crippen LogP contribution < -0.4 is 9.80 Å². The Hall–Kier alpha value is -7.25. The average Bonchev–Trinajstić information content (AvgIpc) is 3.78. The van der Waals surface area contributed by atoms with Crippen molar-refractivity contribution < 1.29 is 0 Å². The van der Waals surface area contributed by atoms with Gasteiger partial charge < -0.3 is 9.13 Å². The maximum atomic E-state index is 5.61. The van der Waals surface area contributed by atoms with E-state index in [4.69, 9.17) is 15.0 Å². The Kier molecular flexibility index (Phi) is 5.33. The van der Waals surface area contributed by atoms with Crippen LogP contribution in [0.2, 0.25) is 0 Å². The molecule has 10 aromatic rings. The van der Waals surface area contributed by atoms with Gasteiger partial charge in [-0.05, 0) is 46.5 Å². The molecule has 7 nitrogen and oxygen atoms in total. The molecule has 0 radical (unpaired) electrons. The minimum atomic E-state index is -0.219. The number of hydrogen-bond acceptors (Lipinski definition) is 5. The highest BCUT2D eigenvalue weighted by Crippen LogP contribution is 2.58. The van der Waals surface area contributed by atoms with Gasteiger partial charge in [-0.1, -0.05) is 143 Å². The van der Waals surface area contributed by atoms with Gasteiger partial charge in [0.1, 0.15) is 0 Å². The van der Waals surface area contributed by atoms with Crippen molar-refractivity contribution in [1.82, 2.24) is 24.1 Å². The second-order valence-electron chi connectivity index (χ2n) is 17.3. The number of anilines is 6. The first-order chi connectivity index (χ1) is 28.3. The van der Waals surface area contributed by atoms with Gasteiger partial charge in [-0.25, -0.2) is 0 Å². The first-order valence-electron chi connectivity index (χ1n) is 20.1. The third-order valence-corrected chi connectivity index (χ3v) is 13.8. The normalized spacial score (nSPS) is 15.8. The van der Waals surface area contributed by atoms with Gasteiger partial charge in [0.15, 0.2) is 5.82 Å². The van der Waals surface area contributed by atoms with Gasteiger partial charge in [0, 0.05) is 37.9 Å². The molecule has 0 aliphatic carbocycles. The SMILES string of the molecule is CC1(C)c2cccc3c2-n2c4c(cccc4c4cccc1c42)N3c1nc(-c2ccccc2)nc(N2c3cccc4c3-n3c5c2cccc5c2cccc(c23)C4(C)C)n1. The molecule has 4 aliphatic rings. The minimum absolute atomic E-state index is 0.219. The molecule has 0 bridgehead atoms. The van der Waals surface area contributed by atoms with E-state index in [1.165, 1.54) is 77.2 Å². The van der Waals surface area contributed by atoms with Crippen molar-refractivity contribution in [2.45, 2.75) is 38.5 Å². The van der Waals surface area contributed by atoms with E-state index < -0.39 is 0 Å². The Morgan fingerprint density at radius 2 is 0.759 bits per heavy atom. The second-order valence-corrected chi connectivity index (χ2v) is 17.3. The minimum Gasteiger partial charge on any atom is -0.304 e. The maximum Gasteiger partial charge on any atom is 0.240 e. The third-order valence-electron chi connectivity index (χ3n) is 13.8. The summed E-state index contributed by atoms with van der Waals surface area (Å²) in [5.41, 5.74) is 17.3. The lowest BCUT2D eigenvalue weighted by Gasteiger charge is -2.41. The molecule has 4 aliphatic heterocycles. The van der Waals surface area contributed by atoms with Crippen LogP contribution in [0.15, 0.2) is 140 Å². The van der Waals surface area contributed by atoms with Crippen molar-refractivity contribution in [2.75, 3.05) is 9.80 Å². The number of para-hydroxylation sites is 6. The van der Waals surface area contributed by atoms with Crippen LogP contribution in [0.1, 0.15) is 49.9 Å². The monoisotopic (exact) mass is 745 g/mol. The van der Waals surface area contributed by atoms with Crippen molar-refractivity contribution in [3.05, 3.63) is 162 Å². The van der Waals surface area contributed by atoms with E-state index in [9.17, 15) is 0 Å². The van der Waals surface area contributed by atoms with Crippen LogP contribution >= 0.6 is 0 Å². The van der Waals surface area contributed by atoms with Crippen molar-refractivity contribution in [1.29, 1.82) is 0 Å². The fourth-order valence-corrected chi connectivity index (χ4v) is 11.2. The molecule has 0 saturated heterocycles. The van der Waals surface area contributed by atoms with E-state index in [2.05, 4.69) is 180 Å². The molecule has 0 atom stereocenters. The lowest BCUT2D eigenvalue weighted by Crippen LogP contribution is -2.31.